The van der Waals surface area contributed by atoms with E-state index in [2.05, 4.69) is 5.32 Å². The largest absolute Gasteiger partial charge is 0.449 e. The molecular formula is C23H26N2O6S. The van der Waals surface area contributed by atoms with Crippen LogP contribution in [0.15, 0.2) is 53.4 Å². The van der Waals surface area contributed by atoms with Gasteiger partial charge in [0.05, 0.1) is 10.5 Å². The molecular weight excluding hydrogens is 432 g/mol. The summed E-state index contributed by atoms with van der Waals surface area (Å²) >= 11 is 0. The van der Waals surface area contributed by atoms with Crippen LogP contribution in [0, 0.1) is 0 Å². The molecule has 1 fully saturated rings. The number of esters is 1. The second-order valence-electron chi connectivity index (χ2n) is 7.63. The summed E-state index contributed by atoms with van der Waals surface area (Å²) in [4.78, 5) is 36.6. The molecule has 1 heterocycles. The summed E-state index contributed by atoms with van der Waals surface area (Å²) in [5.41, 5.74) is 0.708. The van der Waals surface area contributed by atoms with Gasteiger partial charge in [-0.25, -0.2) is 13.2 Å². The lowest BCUT2D eigenvalue weighted by Crippen LogP contribution is -2.36. The lowest BCUT2D eigenvalue weighted by atomic mass is 10.1. The number of carbonyl (C=O) groups is 3. The van der Waals surface area contributed by atoms with Crippen LogP contribution >= 0.6 is 0 Å². The molecule has 0 bridgehead atoms. The topological polar surface area (TPSA) is 110 Å². The molecule has 1 N–H and O–H groups in total. The van der Waals surface area contributed by atoms with E-state index < -0.39 is 28.0 Å². The summed E-state index contributed by atoms with van der Waals surface area (Å²) in [6.45, 7) is 3.62. The van der Waals surface area contributed by atoms with Crippen LogP contribution in [0.2, 0.25) is 0 Å². The highest BCUT2D eigenvalue weighted by molar-refractivity contribution is 7.89. The van der Waals surface area contributed by atoms with Gasteiger partial charge in [-0.15, -0.1) is 0 Å². The zero-order chi connectivity index (χ0) is 23.3. The molecule has 0 saturated carbocycles. The lowest BCUT2D eigenvalue weighted by Gasteiger charge is -2.26. The minimum Gasteiger partial charge on any atom is -0.449 e. The molecule has 9 heteroatoms. The third kappa shape index (κ3) is 5.41. The Morgan fingerprint density at radius 3 is 2.38 bits per heavy atom. The van der Waals surface area contributed by atoms with Crippen molar-refractivity contribution in [2.24, 2.45) is 0 Å². The number of ketones is 1. The predicted octanol–water partition coefficient (Wildman–Crippen LogP) is 3.25. The minimum absolute atomic E-state index is 0.115. The third-order valence-electron chi connectivity index (χ3n) is 5.23. The summed E-state index contributed by atoms with van der Waals surface area (Å²) in [5, 5.41) is 2.60. The van der Waals surface area contributed by atoms with E-state index in [4.69, 9.17) is 4.74 Å². The van der Waals surface area contributed by atoms with Crippen molar-refractivity contribution in [2.75, 3.05) is 18.4 Å². The maximum absolute atomic E-state index is 13.1. The smallest absolute Gasteiger partial charge is 0.340 e. The number of nitrogens with one attached hydrogen (secondary N) is 1. The molecule has 2 aromatic rings. The van der Waals surface area contributed by atoms with Gasteiger partial charge in [-0.05, 0) is 51.0 Å². The highest BCUT2D eigenvalue weighted by Gasteiger charge is 2.31. The normalized spacial score (nSPS) is 15.6. The second kappa shape index (κ2) is 10.1. The molecule has 0 spiro atoms. The van der Waals surface area contributed by atoms with E-state index in [9.17, 15) is 22.8 Å². The molecule has 170 valence electrons. The molecule has 0 aromatic heterocycles. The molecule has 1 amide bonds. The van der Waals surface area contributed by atoms with Gasteiger partial charge in [-0.2, -0.15) is 4.31 Å². The zero-order valence-corrected chi connectivity index (χ0v) is 18.9. The number of ether oxygens (including phenoxy) is 1. The fourth-order valence-corrected chi connectivity index (χ4v) is 5.14. The number of nitrogens with zero attached hydrogens (tertiary/aromatic N) is 1. The van der Waals surface area contributed by atoms with E-state index in [1.807, 2.05) is 0 Å². The lowest BCUT2D eigenvalue weighted by molar-refractivity contribution is -0.123. The Morgan fingerprint density at radius 1 is 1.00 bits per heavy atom. The van der Waals surface area contributed by atoms with E-state index in [1.165, 1.54) is 36.4 Å². The van der Waals surface area contributed by atoms with Crippen LogP contribution < -0.4 is 5.32 Å². The number of hydrogen-bond donors (Lipinski definition) is 1. The average molecular weight is 459 g/mol. The first-order valence-electron chi connectivity index (χ1n) is 10.4. The van der Waals surface area contributed by atoms with Crippen molar-refractivity contribution in [3.8, 4) is 0 Å². The van der Waals surface area contributed by atoms with Gasteiger partial charge in [-0.3, -0.25) is 9.59 Å². The molecule has 0 radical (unpaired) electrons. The van der Waals surface area contributed by atoms with Gasteiger partial charge in [0, 0.05) is 24.3 Å². The van der Waals surface area contributed by atoms with Crippen molar-refractivity contribution in [3.63, 3.8) is 0 Å². The van der Waals surface area contributed by atoms with E-state index >= 15 is 0 Å². The highest BCUT2D eigenvalue weighted by atomic mass is 32.2. The number of anilines is 1. The van der Waals surface area contributed by atoms with Crippen LogP contribution in [0.3, 0.4) is 0 Å². The van der Waals surface area contributed by atoms with Crippen molar-refractivity contribution >= 4 is 33.4 Å². The number of hydrogen-bond acceptors (Lipinski definition) is 6. The second-order valence-corrected chi connectivity index (χ2v) is 9.54. The summed E-state index contributed by atoms with van der Waals surface area (Å²) < 4.78 is 32.8. The summed E-state index contributed by atoms with van der Waals surface area (Å²) in [7, 11) is -3.86. The van der Waals surface area contributed by atoms with Crippen molar-refractivity contribution in [3.05, 3.63) is 59.7 Å². The van der Waals surface area contributed by atoms with E-state index in [0.717, 1.165) is 19.3 Å². The Bertz CT molecular complexity index is 1120. The number of rotatable bonds is 7. The molecule has 32 heavy (non-hydrogen) atoms. The van der Waals surface area contributed by atoms with Crippen LogP contribution in [0.4, 0.5) is 5.69 Å². The molecule has 1 saturated heterocycles. The maximum atomic E-state index is 13.1. The minimum atomic E-state index is -3.86. The quantitative estimate of drug-likeness (QED) is 0.504. The first-order valence-corrected chi connectivity index (χ1v) is 11.9. The molecule has 1 atom stereocenters. The van der Waals surface area contributed by atoms with E-state index in [1.54, 1.807) is 30.3 Å². The average Bonchev–Trinajstić information content (AvgIpc) is 2.79. The first kappa shape index (κ1) is 23.6. The molecule has 0 aliphatic carbocycles. The van der Waals surface area contributed by atoms with Crippen LogP contribution in [-0.2, 0) is 19.6 Å². The Morgan fingerprint density at radius 2 is 1.69 bits per heavy atom. The van der Waals surface area contributed by atoms with Gasteiger partial charge in [0.25, 0.3) is 5.91 Å². The summed E-state index contributed by atoms with van der Waals surface area (Å²) in [6, 6.07) is 12.2. The van der Waals surface area contributed by atoms with Crippen molar-refractivity contribution < 1.29 is 27.5 Å². The molecule has 3 rings (SSSR count). The molecule has 2 aromatic carbocycles. The number of amides is 1. The summed E-state index contributed by atoms with van der Waals surface area (Å²) in [5.74, 6) is -1.65. The van der Waals surface area contributed by atoms with Crippen molar-refractivity contribution in [1.82, 2.24) is 4.31 Å². The van der Waals surface area contributed by atoms with Crippen LogP contribution in [0.25, 0.3) is 0 Å². The van der Waals surface area contributed by atoms with Crippen LogP contribution in [-0.4, -0.2) is 49.6 Å². The van der Waals surface area contributed by atoms with Gasteiger partial charge in [-0.1, -0.05) is 30.7 Å². The van der Waals surface area contributed by atoms with Gasteiger partial charge < -0.3 is 10.1 Å². The highest BCUT2D eigenvalue weighted by Crippen LogP contribution is 2.24. The first-order chi connectivity index (χ1) is 15.2. The fraction of sp³-hybridized carbons (Fsp3) is 0.348. The SMILES string of the molecule is CC(=O)c1cccc(NC(=O)[C@@H](C)OC(=O)c2ccccc2S(=O)(=O)N2CCCCC2)c1. The number of piperidine rings is 1. The molecule has 1 aliphatic heterocycles. The Kier molecular flexibility index (Phi) is 7.42. The molecule has 1 aliphatic rings. The van der Waals surface area contributed by atoms with Crippen LogP contribution in [0.5, 0.6) is 0 Å². The maximum Gasteiger partial charge on any atom is 0.340 e. The monoisotopic (exact) mass is 458 g/mol. The van der Waals surface area contributed by atoms with Gasteiger partial charge in [0.1, 0.15) is 0 Å². The van der Waals surface area contributed by atoms with E-state index in [-0.39, 0.29) is 16.2 Å². The third-order valence-corrected chi connectivity index (χ3v) is 7.19. The van der Waals surface area contributed by atoms with Crippen molar-refractivity contribution in [2.45, 2.75) is 44.1 Å². The van der Waals surface area contributed by atoms with Crippen LogP contribution in [0.1, 0.15) is 53.8 Å². The standard InChI is InChI=1S/C23H26N2O6S/c1-16(26)18-9-8-10-19(15-18)24-22(27)17(2)31-23(28)20-11-4-5-12-21(20)32(29,30)25-13-6-3-7-14-25/h4-5,8-12,15,17H,3,6-7,13-14H2,1-2H3,(H,24,27)/t17-/m1/s1. The Balaban J connectivity index is 1.74. The fourth-order valence-electron chi connectivity index (χ4n) is 3.44. The van der Waals surface area contributed by atoms with Crippen molar-refractivity contribution in [1.29, 1.82) is 0 Å². The zero-order valence-electron chi connectivity index (χ0n) is 18.0. The predicted molar refractivity (Wildman–Crippen MR) is 119 cm³/mol. The molecule has 0 unspecified atom stereocenters. The number of benzene rings is 2. The van der Waals surface area contributed by atoms with Gasteiger partial charge >= 0.3 is 5.97 Å². The molecule has 8 nitrogen and oxygen atoms in total. The van der Waals surface area contributed by atoms with E-state index in [0.29, 0.717) is 24.3 Å². The summed E-state index contributed by atoms with van der Waals surface area (Å²) in [6.07, 6.45) is 1.33. The Labute approximate surface area is 187 Å². The number of Topliss-reactive ketones (excluding diaryl/α,β-unsaturated/α-hetero) is 1. The number of carbonyl (C=O) groups excluding carboxylic acids is 3. The van der Waals surface area contributed by atoms with Gasteiger partial charge in [0.2, 0.25) is 10.0 Å². The Hall–Kier alpha value is -3.04. The number of sulfonamides is 1. The van der Waals surface area contributed by atoms with Gasteiger partial charge in [0.15, 0.2) is 11.9 Å².